The molecule has 28 heavy (non-hydrogen) atoms. The van der Waals surface area contributed by atoms with E-state index >= 15 is 0 Å². The number of hydrogen-bond acceptors (Lipinski definition) is 6. The van der Waals surface area contributed by atoms with Crippen molar-refractivity contribution < 1.29 is 19.2 Å². The van der Waals surface area contributed by atoms with E-state index in [0.29, 0.717) is 10.7 Å². The van der Waals surface area contributed by atoms with Crippen LogP contribution in [0, 0.1) is 28.4 Å². The molecule has 0 aromatic heterocycles. The normalized spacial score (nSPS) is 10.0. The summed E-state index contributed by atoms with van der Waals surface area (Å²) in [6, 6.07) is 12.0. The van der Waals surface area contributed by atoms with Gasteiger partial charge < -0.3 is 9.64 Å². The van der Waals surface area contributed by atoms with Crippen LogP contribution in [-0.4, -0.2) is 30.0 Å². The van der Waals surface area contributed by atoms with Gasteiger partial charge in [-0.1, -0.05) is 17.7 Å². The average Bonchev–Trinajstić information content (AvgIpc) is 2.69. The lowest BCUT2D eigenvalue weighted by molar-refractivity contribution is -0.384. The maximum absolute atomic E-state index is 12.6. The second-order valence-corrected chi connectivity index (χ2v) is 6.18. The van der Waals surface area contributed by atoms with Gasteiger partial charge in [0.25, 0.3) is 11.6 Å². The van der Waals surface area contributed by atoms with Crippen molar-refractivity contribution >= 4 is 34.9 Å². The maximum Gasteiger partial charge on any atom is 0.338 e. The molecule has 0 aliphatic heterocycles. The standard InChI is InChI=1S/C19H16ClN3O5/c1-13-10-15(6-7-17(13)20)22(9-3-8-21)18(24)12-28-19(25)14-4-2-5-16(11-14)23(26)27/h2,4-7,10-11H,3,9,12H2,1H3. The molecule has 0 aliphatic rings. The van der Waals surface area contributed by atoms with Crippen molar-refractivity contribution in [3.05, 3.63) is 68.7 Å². The molecule has 2 aromatic carbocycles. The molecule has 0 saturated heterocycles. The summed E-state index contributed by atoms with van der Waals surface area (Å²) in [5.74, 6) is -1.39. The lowest BCUT2D eigenvalue weighted by atomic mass is 10.2. The van der Waals surface area contributed by atoms with Crippen LogP contribution in [0.1, 0.15) is 22.3 Å². The molecule has 8 nitrogen and oxygen atoms in total. The van der Waals surface area contributed by atoms with Crippen molar-refractivity contribution in [2.24, 2.45) is 0 Å². The number of halogens is 1. The summed E-state index contributed by atoms with van der Waals surface area (Å²) in [7, 11) is 0. The molecule has 144 valence electrons. The fourth-order valence-electron chi connectivity index (χ4n) is 2.39. The number of anilines is 1. The first-order valence-electron chi connectivity index (χ1n) is 8.18. The molecular formula is C19H16ClN3O5. The average molecular weight is 402 g/mol. The van der Waals surface area contributed by atoms with Gasteiger partial charge in [0.1, 0.15) is 0 Å². The lowest BCUT2D eigenvalue weighted by Crippen LogP contribution is -2.35. The molecule has 0 radical (unpaired) electrons. The van der Waals surface area contributed by atoms with E-state index in [-0.39, 0.29) is 24.2 Å². The Hall–Kier alpha value is -3.44. The van der Waals surface area contributed by atoms with Crippen LogP contribution in [0.4, 0.5) is 11.4 Å². The van der Waals surface area contributed by atoms with Crippen LogP contribution in [0.5, 0.6) is 0 Å². The Morgan fingerprint density at radius 3 is 2.68 bits per heavy atom. The van der Waals surface area contributed by atoms with Crippen LogP contribution in [0.15, 0.2) is 42.5 Å². The first-order valence-corrected chi connectivity index (χ1v) is 8.56. The van der Waals surface area contributed by atoms with E-state index in [4.69, 9.17) is 21.6 Å². The second-order valence-electron chi connectivity index (χ2n) is 5.77. The van der Waals surface area contributed by atoms with E-state index in [1.54, 1.807) is 25.1 Å². The zero-order valence-electron chi connectivity index (χ0n) is 14.9. The van der Waals surface area contributed by atoms with Crippen LogP contribution in [0.2, 0.25) is 5.02 Å². The molecule has 0 spiro atoms. The van der Waals surface area contributed by atoms with Crippen LogP contribution >= 0.6 is 11.6 Å². The number of hydrogen-bond donors (Lipinski definition) is 0. The molecule has 0 fully saturated rings. The fourth-order valence-corrected chi connectivity index (χ4v) is 2.51. The smallest absolute Gasteiger partial charge is 0.338 e. The van der Waals surface area contributed by atoms with Gasteiger partial charge in [0.2, 0.25) is 0 Å². The minimum absolute atomic E-state index is 0.0343. The molecular weight excluding hydrogens is 386 g/mol. The third-order valence-corrected chi connectivity index (χ3v) is 4.24. The van der Waals surface area contributed by atoms with E-state index in [2.05, 4.69) is 0 Å². The minimum Gasteiger partial charge on any atom is -0.452 e. The van der Waals surface area contributed by atoms with Gasteiger partial charge in [-0.05, 0) is 36.8 Å². The van der Waals surface area contributed by atoms with Gasteiger partial charge in [-0.25, -0.2) is 4.79 Å². The van der Waals surface area contributed by atoms with Gasteiger partial charge in [-0.3, -0.25) is 14.9 Å². The summed E-state index contributed by atoms with van der Waals surface area (Å²) < 4.78 is 5.00. The third kappa shape index (κ3) is 5.28. The summed E-state index contributed by atoms with van der Waals surface area (Å²) in [6.45, 7) is 1.32. The van der Waals surface area contributed by atoms with Gasteiger partial charge in [0.15, 0.2) is 6.61 Å². The molecule has 0 saturated carbocycles. The molecule has 0 N–H and O–H groups in total. The predicted octanol–water partition coefficient (Wildman–Crippen LogP) is 3.66. The van der Waals surface area contributed by atoms with Gasteiger partial charge >= 0.3 is 5.97 Å². The highest BCUT2D eigenvalue weighted by Crippen LogP contribution is 2.23. The van der Waals surface area contributed by atoms with E-state index in [1.165, 1.54) is 23.1 Å². The zero-order chi connectivity index (χ0) is 20.7. The summed E-state index contributed by atoms with van der Waals surface area (Å²) in [4.78, 5) is 36.2. The highest BCUT2D eigenvalue weighted by atomic mass is 35.5. The predicted molar refractivity (Wildman–Crippen MR) is 102 cm³/mol. The monoisotopic (exact) mass is 401 g/mol. The van der Waals surface area contributed by atoms with Gasteiger partial charge in [-0.2, -0.15) is 5.26 Å². The Kier molecular flexibility index (Phi) is 7.07. The number of carbonyl (C=O) groups is 2. The quantitative estimate of drug-likeness (QED) is 0.397. The zero-order valence-corrected chi connectivity index (χ0v) is 15.7. The number of non-ortho nitro benzene ring substituents is 1. The number of ether oxygens (including phenoxy) is 1. The van der Waals surface area contributed by atoms with Crippen LogP contribution in [-0.2, 0) is 9.53 Å². The van der Waals surface area contributed by atoms with Crippen molar-refractivity contribution in [2.45, 2.75) is 13.3 Å². The number of amides is 1. The topological polar surface area (TPSA) is 114 Å². The fraction of sp³-hybridized carbons (Fsp3) is 0.211. The van der Waals surface area contributed by atoms with Crippen LogP contribution < -0.4 is 4.90 Å². The number of benzene rings is 2. The Balaban J connectivity index is 2.11. The second kappa shape index (κ2) is 9.48. The summed E-state index contributed by atoms with van der Waals surface area (Å²) in [6.07, 6.45) is 0.0895. The van der Waals surface area contributed by atoms with Crippen molar-refractivity contribution in [3.63, 3.8) is 0 Å². The van der Waals surface area contributed by atoms with Crippen molar-refractivity contribution in [3.8, 4) is 6.07 Å². The number of nitriles is 1. The van der Waals surface area contributed by atoms with Crippen molar-refractivity contribution in [1.29, 1.82) is 5.26 Å². The highest BCUT2D eigenvalue weighted by Gasteiger charge is 2.19. The summed E-state index contributed by atoms with van der Waals surface area (Å²) in [5.41, 5.74) is 0.983. The number of carbonyl (C=O) groups excluding carboxylic acids is 2. The molecule has 0 atom stereocenters. The van der Waals surface area contributed by atoms with Crippen LogP contribution in [0.25, 0.3) is 0 Å². The highest BCUT2D eigenvalue weighted by molar-refractivity contribution is 6.31. The van der Waals surface area contributed by atoms with Gasteiger partial charge in [0, 0.05) is 29.4 Å². The van der Waals surface area contributed by atoms with Crippen molar-refractivity contribution in [2.75, 3.05) is 18.1 Å². The van der Waals surface area contributed by atoms with Gasteiger partial charge in [-0.15, -0.1) is 0 Å². The Bertz CT molecular complexity index is 955. The number of esters is 1. The molecule has 0 bridgehead atoms. The molecule has 1 amide bonds. The number of aryl methyl sites for hydroxylation is 1. The van der Waals surface area contributed by atoms with E-state index in [0.717, 1.165) is 11.6 Å². The Morgan fingerprint density at radius 1 is 1.29 bits per heavy atom. The minimum atomic E-state index is -0.857. The van der Waals surface area contributed by atoms with Crippen molar-refractivity contribution in [1.82, 2.24) is 0 Å². The molecule has 0 heterocycles. The summed E-state index contributed by atoms with van der Waals surface area (Å²) >= 11 is 6.00. The lowest BCUT2D eigenvalue weighted by Gasteiger charge is -2.22. The molecule has 9 heteroatoms. The number of rotatable bonds is 7. The molecule has 2 aromatic rings. The summed E-state index contributed by atoms with van der Waals surface area (Å²) in [5, 5.41) is 20.2. The van der Waals surface area contributed by atoms with E-state index in [9.17, 15) is 19.7 Å². The number of nitro benzene ring substituents is 1. The molecule has 0 aliphatic carbocycles. The number of nitrogens with zero attached hydrogens (tertiary/aromatic N) is 3. The largest absolute Gasteiger partial charge is 0.452 e. The van der Waals surface area contributed by atoms with Crippen LogP contribution in [0.3, 0.4) is 0 Å². The Labute approximate surface area is 166 Å². The SMILES string of the molecule is Cc1cc(N(CCC#N)C(=O)COC(=O)c2cccc([N+](=O)[O-])c2)ccc1Cl. The number of nitro groups is 1. The van der Waals surface area contributed by atoms with E-state index in [1.807, 2.05) is 6.07 Å². The molecule has 0 unspecified atom stereocenters. The first-order chi connectivity index (χ1) is 13.3. The molecule has 2 rings (SSSR count). The first kappa shape index (κ1) is 20.9. The van der Waals surface area contributed by atoms with Gasteiger partial charge in [0.05, 0.1) is 23.0 Å². The third-order valence-electron chi connectivity index (χ3n) is 3.82. The maximum atomic E-state index is 12.6. The van der Waals surface area contributed by atoms with E-state index < -0.39 is 23.4 Å². The Morgan fingerprint density at radius 2 is 2.04 bits per heavy atom.